The second kappa shape index (κ2) is 9.39. The molecule has 0 saturated carbocycles. The molecule has 0 spiro atoms. The van der Waals surface area contributed by atoms with Crippen molar-refractivity contribution in [3.63, 3.8) is 0 Å². The summed E-state index contributed by atoms with van der Waals surface area (Å²) in [5, 5.41) is 0. The van der Waals surface area contributed by atoms with E-state index in [1.165, 1.54) is 6.26 Å². The smallest absolute Gasteiger partial charge is 0.289 e. The lowest BCUT2D eigenvalue weighted by molar-refractivity contribution is -0.132. The molecule has 0 atom stereocenters. The molecule has 3 rings (SSSR count). The van der Waals surface area contributed by atoms with E-state index in [4.69, 9.17) is 4.42 Å². The third kappa shape index (κ3) is 4.71. The fourth-order valence-electron chi connectivity index (χ4n) is 3.46. The van der Waals surface area contributed by atoms with E-state index in [0.717, 1.165) is 24.5 Å². The van der Waals surface area contributed by atoms with Crippen LogP contribution < -0.4 is 4.90 Å². The Kier molecular flexibility index (Phi) is 6.68. The van der Waals surface area contributed by atoms with Crippen molar-refractivity contribution in [1.82, 2.24) is 14.8 Å². The van der Waals surface area contributed by atoms with Crippen LogP contribution in [0.5, 0.6) is 0 Å². The molecule has 28 heavy (non-hydrogen) atoms. The number of carbonyl (C=O) groups excluding carboxylic acids is 2. The maximum Gasteiger partial charge on any atom is 0.289 e. The van der Waals surface area contributed by atoms with Crippen LogP contribution in [0.25, 0.3) is 0 Å². The number of aryl methyl sites for hydroxylation is 1. The molecular weight excluding hydrogens is 356 g/mol. The van der Waals surface area contributed by atoms with Crippen molar-refractivity contribution in [3.8, 4) is 0 Å². The summed E-state index contributed by atoms with van der Waals surface area (Å²) in [5.74, 6) is 1.32. The second-order valence-electron chi connectivity index (χ2n) is 6.84. The Labute approximate surface area is 165 Å². The molecule has 1 aliphatic heterocycles. The molecule has 1 saturated heterocycles. The molecule has 7 heteroatoms. The highest BCUT2D eigenvalue weighted by Crippen LogP contribution is 2.15. The zero-order valence-corrected chi connectivity index (χ0v) is 16.6. The van der Waals surface area contributed by atoms with Crippen molar-refractivity contribution in [2.45, 2.75) is 26.7 Å². The normalized spacial score (nSPS) is 14.2. The first kappa shape index (κ1) is 19.9. The topological polar surface area (TPSA) is 69.9 Å². The first-order valence-corrected chi connectivity index (χ1v) is 9.92. The van der Waals surface area contributed by atoms with Gasteiger partial charge in [-0.05, 0) is 50.1 Å². The third-order valence-corrected chi connectivity index (χ3v) is 5.18. The van der Waals surface area contributed by atoms with E-state index in [1.807, 2.05) is 17.2 Å². The zero-order chi connectivity index (χ0) is 19.9. The lowest BCUT2D eigenvalue weighted by atomic mass is 10.1. The molecular formula is C21H28N4O3. The van der Waals surface area contributed by atoms with Gasteiger partial charge in [-0.3, -0.25) is 9.59 Å². The lowest BCUT2D eigenvalue weighted by Gasteiger charge is -2.34. The highest BCUT2D eigenvalue weighted by molar-refractivity contribution is 5.91. The van der Waals surface area contributed by atoms with Crippen LogP contribution in [-0.2, 0) is 11.2 Å². The van der Waals surface area contributed by atoms with E-state index in [9.17, 15) is 9.59 Å². The van der Waals surface area contributed by atoms with Crippen LogP contribution in [0.2, 0.25) is 0 Å². The van der Waals surface area contributed by atoms with Crippen molar-refractivity contribution in [2.75, 3.05) is 44.2 Å². The lowest BCUT2D eigenvalue weighted by Crippen LogP contribution is -2.50. The molecule has 2 amide bonds. The van der Waals surface area contributed by atoms with Crippen molar-refractivity contribution in [2.24, 2.45) is 0 Å². The molecule has 0 aliphatic carbocycles. The van der Waals surface area contributed by atoms with E-state index >= 15 is 0 Å². The van der Waals surface area contributed by atoms with Crippen molar-refractivity contribution in [1.29, 1.82) is 0 Å². The van der Waals surface area contributed by atoms with E-state index in [2.05, 4.69) is 29.8 Å². The van der Waals surface area contributed by atoms with E-state index in [1.54, 1.807) is 17.0 Å². The van der Waals surface area contributed by atoms with Crippen molar-refractivity contribution >= 4 is 17.6 Å². The molecule has 1 aliphatic rings. The van der Waals surface area contributed by atoms with Crippen molar-refractivity contribution in [3.05, 3.63) is 48.0 Å². The summed E-state index contributed by atoms with van der Waals surface area (Å²) in [5.41, 5.74) is 1.12. The number of carbonyl (C=O) groups is 2. The van der Waals surface area contributed by atoms with Gasteiger partial charge in [0.1, 0.15) is 5.82 Å². The van der Waals surface area contributed by atoms with Gasteiger partial charge in [-0.1, -0.05) is 0 Å². The van der Waals surface area contributed by atoms with Gasteiger partial charge in [-0.25, -0.2) is 4.98 Å². The Morgan fingerprint density at radius 3 is 2.46 bits per heavy atom. The summed E-state index contributed by atoms with van der Waals surface area (Å²) >= 11 is 0. The maximum atomic E-state index is 12.6. The van der Waals surface area contributed by atoms with Crippen LogP contribution in [0.3, 0.4) is 0 Å². The largest absolute Gasteiger partial charge is 0.459 e. The standard InChI is InChI=1S/C21H28N4O3/c1-3-23(4-2)19-16-17(9-10-22-19)7-8-20(26)24-11-13-25(14-12-24)21(27)18-6-5-15-28-18/h5-6,9-10,15-16H,3-4,7-8,11-14H2,1-2H3. The molecule has 2 aromatic rings. The number of hydrogen-bond acceptors (Lipinski definition) is 5. The summed E-state index contributed by atoms with van der Waals surface area (Å²) in [7, 11) is 0. The molecule has 7 nitrogen and oxygen atoms in total. The Morgan fingerprint density at radius 1 is 1.11 bits per heavy atom. The predicted octanol–water partition coefficient (Wildman–Crippen LogP) is 2.44. The molecule has 2 aromatic heterocycles. The summed E-state index contributed by atoms with van der Waals surface area (Å²) in [6.07, 6.45) is 4.47. The van der Waals surface area contributed by atoms with Gasteiger partial charge in [-0.2, -0.15) is 0 Å². The number of piperazine rings is 1. The third-order valence-electron chi connectivity index (χ3n) is 5.18. The van der Waals surface area contributed by atoms with Gasteiger partial charge in [0.2, 0.25) is 5.91 Å². The molecule has 0 unspecified atom stereocenters. The van der Waals surface area contributed by atoms with Gasteiger partial charge < -0.3 is 19.1 Å². The summed E-state index contributed by atoms with van der Waals surface area (Å²) < 4.78 is 5.17. The van der Waals surface area contributed by atoms with Gasteiger partial charge in [0.05, 0.1) is 6.26 Å². The number of nitrogens with zero attached hydrogens (tertiary/aromatic N) is 4. The Bertz CT molecular complexity index is 779. The average Bonchev–Trinajstić information content (AvgIpc) is 3.28. The number of amides is 2. The minimum atomic E-state index is -0.113. The molecule has 0 aromatic carbocycles. The van der Waals surface area contributed by atoms with Gasteiger partial charge in [0.25, 0.3) is 5.91 Å². The second-order valence-corrected chi connectivity index (χ2v) is 6.84. The number of hydrogen-bond donors (Lipinski definition) is 0. The summed E-state index contributed by atoms with van der Waals surface area (Å²) in [6, 6.07) is 7.42. The van der Waals surface area contributed by atoms with Gasteiger partial charge in [0, 0.05) is 51.9 Å². The average molecular weight is 384 g/mol. The van der Waals surface area contributed by atoms with E-state index in [0.29, 0.717) is 44.8 Å². The van der Waals surface area contributed by atoms with Gasteiger partial charge in [-0.15, -0.1) is 0 Å². The molecule has 3 heterocycles. The fraction of sp³-hybridized carbons (Fsp3) is 0.476. The number of aromatic nitrogens is 1. The zero-order valence-electron chi connectivity index (χ0n) is 16.6. The van der Waals surface area contributed by atoms with Crippen molar-refractivity contribution < 1.29 is 14.0 Å². The summed E-state index contributed by atoms with van der Waals surface area (Å²) in [4.78, 5) is 35.1. The summed E-state index contributed by atoms with van der Waals surface area (Å²) in [6.45, 7) is 8.23. The van der Waals surface area contributed by atoms with Crippen LogP contribution in [0, 0.1) is 0 Å². The molecule has 1 fully saturated rings. The first-order valence-electron chi connectivity index (χ1n) is 9.92. The number of furan rings is 1. The van der Waals surface area contributed by atoms with E-state index < -0.39 is 0 Å². The van der Waals surface area contributed by atoms with E-state index in [-0.39, 0.29) is 11.8 Å². The minimum Gasteiger partial charge on any atom is -0.459 e. The monoisotopic (exact) mass is 384 g/mol. The van der Waals surface area contributed by atoms with Crippen LogP contribution in [-0.4, -0.2) is 65.9 Å². The predicted molar refractivity (Wildman–Crippen MR) is 107 cm³/mol. The number of anilines is 1. The van der Waals surface area contributed by atoms with Gasteiger partial charge in [0.15, 0.2) is 5.76 Å². The minimum absolute atomic E-state index is 0.113. The maximum absolute atomic E-state index is 12.6. The first-order chi connectivity index (χ1) is 13.6. The molecule has 150 valence electrons. The fourth-order valence-corrected chi connectivity index (χ4v) is 3.46. The van der Waals surface area contributed by atoms with Crippen LogP contribution in [0.4, 0.5) is 5.82 Å². The molecule has 0 bridgehead atoms. The Balaban J connectivity index is 1.49. The van der Waals surface area contributed by atoms with Crippen LogP contribution >= 0.6 is 0 Å². The van der Waals surface area contributed by atoms with Crippen LogP contribution in [0.1, 0.15) is 36.4 Å². The quantitative estimate of drug-likeness (QED) is 0.733. The molecule has 0 N–H and O–H groups in total. The Hall–Kier alpha value is -2.83. The number of pyridine rings is 1. The highest BCUT2D eigenvalue weighted by Gasteiger charge is 2.25. The Morgan fingerprint density at radius 2 is 1.82 bits per heavy atom. The molecule has 0 radical (unpaired) electrons. The van der Waals surface area contributed by atoms with Crippen LogP contribution in [0.15, 0.2) is 41.1 Å². The number of rotatable bonds is 7. The SMILES string of the molecule is CCN(CC)c1cc(CCC(=O)N2CCN(C(=O)c3ccco3)CC2)ccn1. The van der Waals surface area contributed by atoms with Gasteiger partial charge >= 0.3 is 0 Å². The highest BCUT2D eigenvalue weighted by atomic mass is 16.3.